The first kappa shape index (κ1) is 9.96. The van der Waals surface area contributed by atoms with Gasteiger partial charge in [0.1, 0.15) is 6.07 Å². The number of hydrogen-bond donors (Lipinski definition) is 1. The molecule has 0 bridgehead atoms. The molecule has 0 saturated heterocycles. The summed E-state index contributed by atoms with van der Waals surface area (Å²) >= 11 is 5.45. The zero-order valence-corrected chi connectivity index (χ0v) is 9.89. The molecule has 0 heterocycles. The number of nitrogens with zero attached hydrogens (tertiary/aromatic N) is 1. The van der Waals surface area contributed by atoms with Crippen LogP contribution in [0.4, 0.5) is 0 Å². The number of hydrogen-bond acceptors (Lipinski definition) is 2. The Morgan fingerprint density at radius 3 is 2.75 bits per heavy atom. The lowest BCUT2D eigenvalue weighted by Gasteiger charge is -2.03. The second-order valence-corrected chi connectivity index (χ2v) is 4.24. The van der Waals surface area contributed by atoms with E-state index in [9.17, 15) is 0 Å². The first-order chi connectivity index (χ1) is 5.69. The molecule has 4 heteroatoms. The Balaban J connectivity index is 3.34. The minimum absolute atomic E-state index is 0.465. The van der Waals surface area contributed by atoms with Gasteiger partial charge in [-0.05, 0) is 40.3 Å². The lowest BCUT2D eigenvalue weighted by molar-refractivity contribution is 1.05. The van der Waals surface area contributed by atoms with Crippen molar-refractivity contribution < 1.29 is 0 Å². The maximum Gasteiger partial charge on any atom is 0.100 e. The molecular weight excluding hydrogens is 331 g/mol. The maximum absolute atomic E-state index is 8.75. The van der Waals surface area contributed by atoms with Gasteiger partial charge in [-0.3, -0.25) is 0 Å². The van der Waals surface area contributed by atoms with Gasteiger partial charge >= 0.3 is 0 Å². The third-order valence-corrected chi connectivity index (χ3v) is 3.18. The third-order valence-electron chi connectivity index (χ3n) is 1.45. The summed E-state index contributed by atoms with van der Waals surface area (Å²) in [5.74, 6) is 0. The van der Waals surface area contributed by atoms with Crippen LogP contribution in [0.3, 0.4) is 0 Å². The van der Waals surface area contributed by atoms with Crippen LogP contribution in [0.2, 0.25) is 0 Å². The highest BCUT2D eigenvalue weighted by molar-refractivity contribution is 14.1. The Morgan fingerprint density at radius 2 is 2.25 bits per heavy atom. The normalized spacial score (nSPS) is 9.50. The van der Waals surface area contributed by atoms with E-state index < -0.39 is 0 Å². The molecule has 0 spiro atoms. The van der Waals surface area contributed by atoms with E-state index in [2.05, 4.69) is 44.6 Å². The van der Waals surface area contributed by atoms with E-state index in [0.29, 0.717) is 12.1 Å². The lowest BCUT2D eigenvalue weighted by Crippen LogP contribution is -2.00. The van der Waals surface area contributed by atoms with Crippen molar-refractivity contribution in [2.75, 3.05) is 0 Å². The van der Waals surface area contributed by atoms with Gasteiger partial charge in [-0.15, -0.1) is 0 Å². The Morgan fingerprint density at radius 1 is 1.58 bits per heavy atom. The summed E-state index contributed by atoms with van der Waals surface area (Å²) in [6.45, 7) is 0.465. The van der Waals surface area contributed by atoms with Gasteiger partial charge in [-0.1, -0.05) is 15.9 Å². The van der Waals surface area contributed by atoms with Crippen molar-refractivity contribution in [2.45, 2.75) is 6.54 Å². The second kappa shape index (κ2) is 4.21. The molecule has 0 aliphatic heterocycles. The summed E-state index contributed by atoms with van der Waals surface area (Å²) in [4.78, 5) is 0. The van der Waals surface area contributed by atoms with Gasteiger partial charge in [0.2, 0.25) is 0 Å². The van der Waals surface area contributed by atoms with E-state index in [-0.39, 0.29) is 0 Å². The number of benzene rings is 1. The van der Waals surface area contributed by atoms with Gasteiger partial charge in [-0.25, -0.2) is 0 Å². The fourth-order valence-electron chi connectivity index (χ4n) is 0.876. The zero-order chi connectivity index (χ0) is 9.14. The summed E-state index contributed by atoms with van der Waals surface area (Å²) in [6, 6.07) is 5.84. The number of rotatable bonds is 1. The van der Waals surface area contributed by atoms with E-state index in [0.717, 1.165) is 13.6 Å². The van der Waals surface area contributed by atoms with Crippen LogP contribution < -0.4 is 5.73 Å². The summed E-state index contributed by atoms with van der Waals surface area (Å²) in [7, 11) is 0. The molecule has 0 atom stereocenters. The maximum atomic E-state index is 8.75. The van der Waals surface area contributed by atoms with Gasteiger partial charge in [0, 0.05) is 14.6 Å². The highest BCUT2D eigenvalue weighted by Gasteiger charge is 2.05. The summed E-state index contributed by atoms with van der Waals surface area (Å²) in [5, 5.41) is 8.75. The molecule has 1 aromatic rings. The molecule has 0 saturated carbocycles. The van der Waals surface area contributed by atoms with Crippen molar-refractivity contribution in [1.29, 1.82) is 5.26 Å². The van der Waals surface area contributed by atoms with Crippen molar-refractivity contribution in [3.63, 3.8) is 0 Å². The van der Waals surface area contributed by atoms with Crippen molar-refractivity contribution >= 4 is 38.5 Å². The van der Waals surface area contributed by atoms with Crippen LogP contribution in [-0.2, 0) is 6.54 Å². The topological polar surface area (TPSA) is 49.8 Å². The molecule has 0 fully saturated rings. The smallest absolute Gasteiger partial charge is 0.100 e. The fraction of sp³-hybridized carbons (Fsp3) is 0.125. The van der Waals surface area contributed by atoms with Crippen molar-refractivity contribution in [3.8, 4) is 6.07 Å². The van der Waals surface area contributed by atoms with Crippen LogP contribution in [0, 0.1) is 14.9 Å². The third kappa shape index (κ3) is 1.97. The Hall–Kier alpha value is -0.120. The minimum Gasteiger partial charge on any atom is -0.326 e. The molecule has 1 aromatic carbocycles. The van der Waals surface area contributed by atoms with E-state index in [4.69, 9.17) is 11.0 Å². The highest BCUT2D eigenvalue weighted by atomic mass is 127. The molecule has 0 aliphatic carbocycles. The van der Waals surface area contributed by atoms with E-state index in [1.807, 2.05) is 6.07 Å². The molecule has 0 aliphatic rings. The lowest BCUT2D eigenvalue weighted by atomic mass is 10.1. The predicted molar refractivity (Wildman–Crippen MR) is 59.5 cm³/mol. The minimum atomic E-state index is 0.465. The van der Waals surface area contributed by atoms with Crippen molar-refractivity contribution in [1.82, 2.24) is 0 Å². The fourth-order valence-corrected chi connectivity index (χ4v) is 2.03. The second-order valence-electron chi connectivity index (χ2n) is 2.24. The largest absolute Gasteiger partial charge is 0.326 e. The molecule has 0 aromatic heterocycles. The van der Waals surface area contributed by atoms with E-state index in [1.54, 1.807) is 6.07 Å². The van der Waals surface area contributed by atoms with Crippen molar-refractivity contribution in [3.05, 3.63) is 31.3 Å². The standard InChI is InChI=1S/C8H6BrIN2/c9-7-1-5(3-11)8(10)6(2-7)4-12/h1-2H,3,11H2. The van der Waals surface area contributed by atoms with Crippen LogP contribution in [0.5, 0.6) is 0 Å². The number of nitrogens with two attached hydrogens (primary N) is 1. The van der Waals surface area contributed by atoms with Gasteiger partial charge in [0.05, 0.1) is 5.56 Å². The predicted octanol–water partition coefficient (Wildman–Crippen LogP) is 2.38. The molecule has 62 valence electrons. The van der Waals surface area contributed by atoms with Gasteiger partial charge in [0.25, 0.3) is 0 Å². The average Bonchev–Trinajstić information content (AvgIpc) is 2.08. The van der Waals surface area contributed by atoms with Gasteiger partial charge in [-0.2, -0.15) is 5.26 Å². The Bertz CT molecular complexity index is 344. The van der Waals surface area contributed by atoms with Crippen LogP contribution in [0.1, 0.15) is 11.1 Å². The molecule has 2 nitrogen and oxygen atoms in total. The van der Waals surface area contributed by atoms with Crippen LogP contribution in [0.25, 0.3) is 0 Å². The van der Waals surface area contributed by atoms with Crippen molar-refractivity contribution in [2.24, 2.45) is 5.73 Å². The molecular formula is C8H6BrIN2. The molecule has 0 amide bonds. The molecule has 1 rings (SSSR count). The molecule has 2 N–H and O–H groups in total. The average molecular weight is 337 g/mol. The first-order valence-corrected chi connectivity index (χ1v) is 5.14. The van der Waals surface area contributed by atoms with Crippen LogP contribution in [0.15, 0.2) is 16.6 Å². The highest BCUT2D eigenvalue weighted by Crippen LogP contribution is 2.22. The number of nitriles is 1. The Labute approximate surface area is 93.0 Å². The zero-order valence-electron chi connectivity index (χ0n) is 6.14. The summed E-state index contributed by atoms with van der Waals surface area (Å²) in [5.41, 5.74) is 7.18. The SMILES string of the molecule is N#Cc1cc(Br)cc(CN)c1I. The van der Waals surface area contributed by atoms with E-state index >= 15 is 0 Å². The molecule has 0 radical (unpaired) electrons. The molecule has 12 heavy (non-hydrogen) atoms. The number of halogens is 2. The monoisotopic (exact) mass is 336 g/mol. The van der Waals surface area contributed by atoms with E-state index in [1.165, 1.54) is 0 Å². The van der Waals surface area contributed by atoms with Gasteiger partial charge < -0.3 is 5.73 Å². The van der Waals surface area contributed by atoms with Crippen LogP contribution >= 0.6 is 38.5 Å². The quantitative estimate of drug-likeness (QED) is 0.800. The van der Waals surface area contributed by atoms with Crippen LogP contribution in [-0.4, -0.2) is 0 Å². The summed E-state index contributed by atoms with van der Waals surface area (Å²) < 4.78 is 1.85. The first-order valence-electron chi connectivity index (χ1n) is 3.27. The summed E-state index contributed by atoms with van der Waals surface area (Å²) in [6.07, 6.45) is 0. The molecule has 0 unspecified atom stereocenters. The Kier molecular flexibility index (Phi) is 3.50. The van der Waals surface area contributed by atoms with Gasteiger partial charge in [0.15, 0.2) is 0 Å².